The summed E-state index contributed by atoms with van der Waals surface area (Å²) in [4.78, 5) is 0. The molecule has 18 heavy (non-hydrogen) atoms. The Morgan fingerprint density at radius 2 is 1.83 bits per heavy atom. The van der Waals surface area contributed by atoms with Gasteiger partial charge in [-0.2, -0.15) is 5.26 Å². The van der Waals surface area contributed by atoms with Gasteiger partial charge in [0.05, 0.1) is 11.6 Å². The molecule has 2 aromatic rings. The van der Waals surface area contributed by atoms with Gasteiger partial charge in [-0.15, -0.1) is 0 Å². The third kappa shape index (κ3) is 1.96. The number of fused-ring (bicyclic) bond motifs is 1. The Hall–Kier alpha value is -2.27. The molecule has 0 saturated carbocycles. The van der Waals surface area contributed by atoms with E-state index in [1.54, 1.807) is 0 Å². The van der Waals surface area contributed by atoms with Gasteiger partial charge in [-0.05, 0) is 42.2 Å². The van der Waals surface area contributed by atoms with Crippen LogP contribution in [0, 0.1) is 11.3 Å². The van der Waals surface area contributed by atoms with Crippen LogP contribution in [0.4, 0.5) is 0 Å². The number of benzene rings is 2. The quantitative estimate of drug-likeness (QED) is 0.756. The van der Waals surface area contributed by atoms with Crippen LogP contribution in [0.5, 0.6) is 5.75 Å². The van der Waals surface area contributed by atoms with Gasteiger partial charge in [0.2, 0.25) is 0 Å². The van der Waals surface area contributed by atoms with E-state index in [0.717, 1.165) is 24.2 Å². The highest BCUT2D eigenvalue weighted by atomic mass is 16.5. The van der Waals surface area contributed by atoms with Gasteiger partial charge in [0.25, 0.3) is 0 Å². The van der Waals surface area contributed by atoms with Crippen molar-refractivity contribution in [2.24, 2.45) is 0 Å². The van der Waals surface area contributed by atoms with Crippen molar-refractivity contribution in [2.45, 2.75) is 18.9 Å². The maximum Gasteiger partial charge on any atom is 0.124 e. The molecule has 1 aliphatic heterocycles. The summed E-state index contributed by atoms with van der Waals surface area (Å²) in [5, 5.41) is 8.79. The molecule has 3 rings (SSSR count). The lowest BCUT2D eigenvalue weighted by atomic mass is 9.97. The van der Waals surface area contributed by atoms with E-state index in [1.165, 1.54) is 5.56 Å². The van der Waals surface area contributed by atoms with E-state index in [9.17, 15) is 0 Å². The average molecular weight is 235 g/mol. The number of nitriles is 1. The molecule has 1 atom stereocenters. The SMILES string of the molecule is N#Cc1ccc(C2CCc3ccccc3O2)cc1. The molecular weight excluding hydrogens is 222 g/mol. The molecule has 1 unspecified atom stereocenters. The Bertz CT molecular complexity index is 595. The van der Waals surface area contributed by atoms with Crippen LogP contribution in [0.1, 0.15) is 29.2 Å². The van der Waals surface area contributed by atoms with Gasteiger partial charge >= 0.3 is 0 Å². The molecular formula is C16H13NO. The van der Waals surface area contributed by atoms with Crippen molar-refractivity contribution < 1.29 is 4.74 Å². The van der Waals surface area contributed by atoms with Crippen LogP contribution >= 0.6 is 0 Å². The van der Waals surface area contributed by atoms with Crippen LogP contribution in [-0.4, -0.2) is 0 Å². The molecule has 1 heterocycles. The van der Waals surface area contributed by atoms with E-state index < -0.39 is 0 Å². The van der Waals surface area contributed by atoms with Crippen molar-refractivity contribution in [3.8, 4) is 11.8 Å². The number of ether oxygens (including phenoxy) is 1. The summed E-state index contributed by atoms with van der Waals surface area (Å²) < 4.78 is 6.01. The van der Waals surface area contributed by atoms with Crippen LogP contribution in [0.15, 0.2) is 48.5 Å². The lowest BCUT2D eigenvalue weighted by Gasteiger charge is -2.26. The molecule has 0 spiro atoms. The number of hydrogen-bond acceptors (Lipinski definition) is 2. The fourth-order valence-corrected chi connectivity index (χ4v) is 2.33. The molecule has 0 amide bonds. The second kappa shape index (κ2) is 4.54. The molecule has 0 fully saturated rings. The molecule has 1 aliphatic rings. The Morgan fingerprint density at radius 1 is 1.06 bits per heavy atom. The largest absolute Gasteiger partial charge is 0.485 e. The number of hydrogen-bond donors (Lipinski definition) is 0. The first kappa shape index (κ1) is 10.9. The highest BCUT2D eigenvalue weighted by Gasteiger charge is 2.20. The highest BCUT2D eigenvalue weighted by Crippen LogP contribution is 2.34. The lowest BCUT2D eigenvalue weighted by Crippen LogP contribution is -2.14. The minimum absolute atomic E-state index is 0.104. The first-order valence-electron chi connectivity index (χ1n) is 6.11. The van der Waals surface area contributed by atoms with E-state index >= 15 is 0 Å². The third-order valence-corrected chi connectivity index (χ3v) is 3.33. The fraction of sp³-hybridized carbons (Fsp3) is 0.188. The Labute approximate surface area is 106 Å². The molecule has 0 bridgehead atoms. The smallest absolute Gasteiger partial charge is 0.124 e. The zero-order valence-corrected chi connectivity index (χ0v) is 9.97. The van der Waals surface area contributed by atoms with Crippen LogP contribution in [-0.2, 0) is 6.42 Å². The predicted molar refractivity (Wildman–Crippen MR) is 69.3 cm³/mol. The molecule has 0 aliphatic carbocycles. The Morgan fingerprint density at radius 3 is 2.61 bits per heavy atom. The molecule has 0 radical (unpaired) electrons. The molecule has 2 heteroatoms. The van der Waals surface area contributed by atoms with Crippen molar-refractivity contribution in [2.75, 3.05) is 0 Å². The zero-order valence-electron chi connectivity index (χ0n) is 9.97. The van der Waals surface area contributed by atoms with Crippen LogP contribution in [0.3, 0.4) is 0 Å². The molecule has 2 aromatic carbocycles. The minimum atomic E-state index is 0.104. The highest BCUT2D eigenvalue weighted by molar-refractivity contribution is 5.38. The summed E-state index contributed by atoms with van der Waals surface area (Å²) in [5.41, 5.74) is 3.11. The van der Waals surface area contributed by atoms with Gasteiger partial charge in [0.15, 0.2) is 0 Å². The summed E-state index contributed by atoms with van der Waals surface area (Å²) in [6.45, 7) is 0. The van der Waals surface area contributed by atoms with Gasteiger partial charge in [-0.25, -0.2) is 0 Å². The summed E-state index contributed by atoms with van der Waals surface area (Å²) in [6.07, 6.45) is 2.14. The van der Waals surface area contributed by atoms with Gasteiger partial charge in [-0.1, -0.05) is 30.3 Å². The van der Waals surface area contributed by atoms with E-state index in [-0.39, 0.29) is 6.10 Å². The van der Waals surface area contributed by atoms with Crippen molar-refractivity contribution >= 4 is 0 Å². The second-order valence-corrected chi connectivity index (χ2v) is 4.49. The maximum absolute atomic E-state index is 8.79. The second-order valence-electron chi connectivity index (χ2n) is 4.49. The monoisotopic (exact) mass is 235 g/mol. The van der Waals surface area contributed by atoms with Crippen molar-refractivity contribution in [1.82, 2.24) is 0 Å². The van der Waals surface area contributed by atoms with E-state index in [1.807, 2.05) is 42.5 Å². The Kier molecular flexibility index (Phi) is 2.74. The Balaban J connectivity index is 1.85. The van der Waals surface area contributed by atoms with Gasteiger partial charge in [-0.3, -0.25) is 0 Å². The molecule has 0 aromatic heterocycles. The molecule has 0 saturated heterocycles. The minimum Gasteiger partial charge on any atom is -0.485 e. The molecule has 0 N–H and O–H groups in total. The van der Waals surface area contributed by atoms with Crippen LogP contribution < -0.4 is 4.74 Å². The fourth-order valence-electron chi connectivity index (χ4n) is 2.33. The van der Waals surface area contributed by atoms with Gasteiger partial charge in [0.1, 0.15) is 11.9 Å². The lowest BCUT2D eigenvalue weighted by molar-refractivity contribution is 0.176. The number of aryl methyl sites for hydroxylation is 1. The topological polar surface area (TPSA) is 33.0 Å². The van der Waals surface area contributed by atoms with Crippen molar-refractivity contribution in [3.05, 3.63) is 65.2 Å². The summed E-state index contributed by atoms with van der Waals surface area (Å²) >= 11 is 0. The first-order valence-corrected chi connectivity index (χ1v) is 6.11. The molecule has 2 nitrogen and oxygen atoms in total. The number of para-hydroxylation sites is 1. The number of rotatable bonds is 1. The van der Waals surface area contributed by atoms with E-state index in [0.29, 0.717) is 5.56 Å². The normalized spacial score (nSPS) is 17.4. The van der Waals surface area contributed by atoms with Crippen LogP contribution in [0.25, 0.3) is 0 Å². The van der Waals surface area contributed by atoms with Crippen molar-refractivity contribution in [3.63, 3.8) is 0 Å². The first-order chi connectivity index (χ1) is 8.86. The maximum atomic E-state index is 8.79. The average Bonchev–Trinajstić information content (AvgIpc) is 2.47. The third-order valence-electron chi connectivity index (χ3n) is 3.33. The summed E-state index contributed by atoms with van der Waals surface area (Å²) in [7, 11) is 0. The van der Waals surface area contributed by atoms with E-state index in [4.69, 9.17) is 10.00 Å². The predicted octanol–water partition coefficient (Wildman–Crippen LogP) is 3.62. The summed E-state index contributed by atoms with van der Waals surface area (Å²) in [5.74, 6) is 0.984. The van der Waals surface area contributed by atoms with Crippen molar-refractivity contribution in [1.29, 1.82) is 5.26 Å². The van der Waals surface area contributed by atoms with Gasteiger partial charge in [0, 0.05) is 0 Å². The van der Waals surface area contributed by atoms with Gasteiger partial charge < -0.3 is 4.74 Å². The zero-order chi connectivity index (χ0) is 12.4. The number of nitrogens with zero attached hydrogens (tertiary/aromatic N) is 1. The molecule has 88 valence electrons. The van der Waals surface area contributed by atoms with E-state index in [2.05, 4.69) is 12.1 Å². The standard InChI is InChI=1S/C16H13NO/c17-11-12-5-7-14(8-6-12)16-10-9-13-3-1-2-4-15(13)18-16/h1-8,16H,9-10H2. The summed E-state index contributed by atoms with van der Waals surface area (Å²) in [6, 6.07) is 18.0. The van der Waals surface area contributed by atoms with Crippen LogP contribution in [0.2, 0.25) is 0 Å².